The first-order valence-corrected chi connectivity index (χ1v) is 7.13. The Hall–Kier alpha value is -1.82. The lowest BCUT2D eigenvalue weighted by atomic mass is 10.1. The summed E-state index contributed by atoms with van der Waals surface area (Å²) in [7, 11) is 1.38. The van der Waals surface area contributed by atoms with Crippen molar-refractivity contribution in [2.45, 2.75) is 31.2 Å². The Labute approximate surface area is 122 Å². The van der Waals surface area contributed by atoms with Gasteiger partial charge in [-0.1, -0.05) is 29.5 Å². The van der Waals surface area contributed by atoms with E-state index in [4.69, 9.17) is 4.74 Å². The minimum atomic E-state index is -0.325. The number of methoxy groups -OCH3 is 1. The van der Waals surface area contributed by atoms with Crippen LogP contribution in [0.2, 0.25) is 0 Å². The van der Waals surface area contributed by atoms with E-state index in [2.05, 4.69) is 23.2 Å². The van der Waals surface area contributed by atoms with Crippen molar-refractivity contribution in [3.05, 3.63) is 35.7 Å². The zero-order chi connectivity index (χ0) is 14.7. The van der Waals surface area contributed by atoms with Crippen molar-refractivity contribution in [1.82, 2.24) is 14.8 Å². The number of rotatable bonds is 4. The highest BCUT2D eigenvalue weighted by atomic mass is 32.2. The molecule has 106 valence electrons. The molecule has 0 fully saturated rings. The molecular formula is C14H17N3O2S. The zero-order valence-electron chi connectivity index (χ0n) is 12.0. The monoisotopic (exact) mass is 291 g/mol. The Morgan fingerprint density at radius 2 is 2.15 bits per heavy atom. The summed E-state index contributed by atoms with van der Waals surface area (Å²) in [5, 5.41) is 8.37. The fraction of sp³-hybridized carbons (Fsp3) is 0.357. The molecule has 2 rings (SSSR count). The molecule has 1 aromatic carbocycles. The van der Waals surface area contributed by atoms with Crippen LogP contribution in [0.25, 0.3) is 5.69 Å². The Morgan fingerprint density at radius 3 is 2.80 bits per heavy atom. The largest absolute Gasteiger partial charge is 0.468 e. The minimum Gasteiger partial charge on any atom is -0.468 e. The Bertz CT molecular complexity index is 625. The number of aromatic nitrogens is 3. The van der Waals surface area contributed by atoms with Gasteiger partial charge in [-0.15, -0.1) is 10.2 Å². The van der Waals surface area contributed by atoms with E-state index in [-0.39, 0.29) is 11.2 Å². The van der Waals surface area contributed by atoms with E-state index in [0.29, 0.717) is 5.16 Å². The normalized spacial score (nSPS) is 12.2. The molecule has 0 aliphatic heterocycles. The lowest BCUT2D eigenvalue weighted by Gasteiger charge is -2.12. The molecule has 6 heteroatoms. The van der Waals surface area contributed by atoms with Crippen molar-refractivity contribution in [2.24, 2.45) is 0 Å². The van der Waals surface area contributed by atoms with Gasteiger partial charge in [0.15, 0.2) is 5.16 Å². The number of benzene rings is 1. The summed E-state index contributed by atoms with van der Waals surface area (Å²) in [6, 6.07) is 6.18. The van der Waals surface area contributed by atoms with Crippen LogP contribution < -0.4 is 0 Å². The van der Waals surface area contributed by atoms with E-state index >= 15 is 0 Å². The molecule has 20 heavy (non-hydrogen) atoms. The van der Waals surface area contributed by atoms with Gasteiger partial charge in [-0.3, -0.25) is 9.36 Å². The lowest BCUT2D eigenvalue weighted by molar-refractivity contribution is -0.139. The quantitative estimate of drug-likeness (QED) is 0.640. The Kier molecular flexibility index (Phi) is 4.44. The fourth-order valence-electron chi connectivity index (χ4n) is 1.92. The molecule has 0 amide bonds. The number of hydrogen-bond donors (Lipinski definition) is 0. The third-order valence-corrected chi connectivity index (χ3v) is 3.98. The van der Waals surface area contributed by atoms with E-state index in [0.717, 1.165) is 11.3 Å². The van der Waals surface area contributed by atoms with E-state index in [1.165, 1.54) is 24.4 Å². The van der Waals surface area contributed by atoms with Crippen LogP contribution in [0, 0.1) is 13.8 Å². The second-order valence-corrected chi connectivity index (χ2v) is 5.86. The number of aryl methyl sites for hydroxylation is 2. The average Bonchev–Trinajstić information content (AvgIpc) is 2.85. The number of nitrogens with zero attached hydrogens (tertiary/aromatic N) is 3. The molecule has 1 atom stereocenters. The topological polar surface area (TPSA) is 57.0 Å². The second-order valence-electron chi connectivity index (χ2n) is 4.56. The third-order valence-electron chi connectivity index (χ3n) is 2.94. The van der Waals surface area contributed by atoms with Crippen molar-refractivity contribution in [3.63, 3.8) is 0 Å². The predicted molar refractivity (Wildman–Crippen MR) is 78.2 cm³/mol. The van der Waals surface area contributed by atoms with Gasteiger partial charge in [0.2, 0.25) is 0 Å². The van der Waals surface area contributed by atoms with Crippen LogP contribution in [-0.2, 0) is 9.53 Å². The molecular weight excluding hydrogens is 274 g/mol. The van der Waals surface area contributed by atoms with Crippen LogP contribution >= 0.6 is 11.8 Å². The first kappa shape index (κ1) is 14.6. The van der Waals surface area contributed by atoms with Gasteiger partial charge < -0.3 is 4.74 Å². The molecule has 0 aliphatic carbocycles. The van der Waals surface area contributed by atoms with Gasteiger partial charge in [0.05, 0.1) is 12.8 Å². The summed E-state index contributed by atoms with van der Waals surface area (Å²) in [5.74, 6) is -0.273. The average molecular weight is 291 g/mol. The summed E-state index contributed by atoms with van der Waals surface area (Å²) in [6.45, 7) is 5.88. The van der Waals surface area contributed by atoms with Gasteiger partial charge in [-0.25, -0.2) is 0 Å². The van der Waals surface area contributed by atoms with E-state index in [1.807, 2.05) is 23.6 Å². The lowest BCUT2D eigenvalue weighted by Crippen LogP contribution is -2.15. The highest BCUT2D eigenvalue weighted by Crippen LogP contribution is 2.26. The third kappa shape index (κ3) is 3.01. The molecule has 0 spiro atoms. The summed E-state index contributed by atoms with van der Waals surface area (Å²) in [6.07, 6.45) is 1.66. The van der Waals surface area contributed by atoms with Crippen molar-refractivity contribution < 1.29 is 9.53 Å². The molecule has 1 aromatic heterocycles. The highest BCUT2D eigenvalue weighted by Gasteiger charge is 2.19. The zero-order valence-corrected chi connectivity index (χ0v) is 12.8. The number of carbonyl (C=O) groups excluding carboxylic acids is 1. The minimum absolute atomic E-state index is 0.273. The molecule has 1 unspecified atom stereocenters. The number of thioether (sulfide) groups is 1. The molecule has 1 heterocycles. The first-order chi connectivity index (χ1) is 9.52. The van der Waals surface area contributed by atoms with Crippen molar-refractivity contribution in [3.8, 4) is 5.69 Å². The Morgan fingerprint density at radius 1 is 1.40 bits per heavy atom. The smallest absolute Gasteiger partial charge is 0.318 e. The van der Waals surface area contributed by atoms with Crippen LogP contribution in [0.15, 0.2) is 29.7 Å². The van der Waals surface area contributed by atoms with Crippen molar-refractivity contribution in [1.29, 1.82) is 0 Å². The van der Waals surface area contributed by atoms with E-state index in [9.17, 15) is 4.79 Å². The van der Waals surface area contributed by atoms with Gasteiger partial charge in [0.1, 0.15) is 11.6 Å². The molecule has 0 N–H and O–H groups in total. The first-order valence-electron chi connectivity index (χ1n) is 6.25. The second kappa shape index (κ2) is 6.09. The van der Waals surface area contributed by atoms with Gasteiger partial charge in [-0.05, 0) is 32.4 Å². The van der Waals surface area contributed by atoms with Gasteiger partial charge in [0, 0.05) is 0 Å². The molecule has 0 bridgehead atoms. The van der Waals surface area contributed by atoms with Crippen LogP contribution in [0.4, 0.5) is 0 Å². The SMILES string of the molecule is COC(=O)C(C)Sc1nncn1-c1ccc(C)cc1C. The number of esters is 1. The molecule has 2 aromatic rings. The van der Waals surface area contributed by atoms with Crippen LogP contribution in [0.1, 0.15) is 18.1 Å². The van der Waals surface area contributed by atoms with E-state index < -0.39 is 0 Å². The molecule has 5 nitrogen and oxygen atoms in total. The maximum absolute atomic E-state index is 11.5. The molecule has 0 radical (unpaired) electrons. The standard InChI is InChI=1S/C14H17N3O2S/c1-9-5-6-12(10(2)7-9)17-8-15-16-14(17)20-11(3)13(18)19-4/h5-8,11H,1-4H3. The van der Waals surface area contributed by atoms with E-state index in [1.54, 1.807) is 13.3 Å². The molecule has 0 aliphatic rings. The van der Waals surface area contributed by atoms with Gasteiger partial charge >= 0.3 is 5.97 Å². The van der Waals surface area contributed by atoms with Crippen molar-refractivity contribution >= 4 is 17.7 Å². The van der Waals surface area contributed by atoms with Crippen LogP contribution in [0.5, 0.6) is 0 Å². The van der Waals surface area contributed by atoms with Gasteiger partial charge in [0.25, 0.3) is 0 Å². The maximum atomic E-state index is 11.5. The molecule has 0 saturated heterocycles. The number of hydrogen-bond acceptors (Lipinski definition) is 5. The van der Waals surface area contributed by atoms with Gasteiger partial charge in [-0.2, -0.15) is 0 Å². The molecule has 0 saturated carbocycles. The summed E-state index contributed by atoms with van der Waals surface area (Å²) >= 11 is 1.33. The van der Waals surface area contributed by atoms with Crippen LogP contribution in [-0.4, -0.2) is 33.1 Å². The fourth-order valence-corrected chi connectivity index (χ4v) is 2.78. The van der Waals surface area contributed by atoms with Crippen molar-refractivity contribution in [2.75, 3.05) is 7.11 Å². The summed E-state index contributed by atoms with van der Waals surface area (Å²) < 4.78 is 6.62. The summed E-state index contributed by atoms with van der Waals surface area (Å²) in [4.78, 5) is 11.5. The number of ether oxygens (including phenoxy) is 1. The predicted octanol–water partition coefficient (Wildman–Crippen LogP) is 2.54. The maximum Gasteiger partial charge on any atom is 0.318 e. The summed E-state index contributed by atoms with van der Waals surface area (Å²) in [5.41, 5.74) is 3.36. The number of carbonyl (C=O) groups is 1. The Balaban J connectivity index is 2.31. The highest BCUT2D eigenvalue weighted by molar-refractivity contribution is 8.00. The van der Waals surface area contributed by atoms with Crippen LogP contribution in [0.3, 0.4) is 0 Å².